The third-order valence-corrected chi connectivity index (χ3v) is 3.73. The number of thiazole rings is 1. The molecule has 2 rings (SSSR count). The van der Waals surface area contributed by atoms with Crippen LogP contribution in [0, 0.1) is 11.3 Å². The molecule has 4 heteroatoms. The largest absolute Gasteiger partial charge is 0.493 e. The van der Waals surface area contributed by atoms with Gasteiger partial charge < -0.3 is 4.74 Å². The van der Waals surface area contributed by atoms with E-state index in [0.717, 1.165) is 22.0 Å². The Hall–Kier alpha value is -1.86. The predicted molar refractivity (Wildman–Crippen MR) is 77.5 cm³/mol. The van der Waals surface area contributed by atoms with Crippen molar-refractivity contribution in [2.24, 2.45) is 0 Å². The third kappa shape index (κ3) is 2.77. The Bertz CT molecular complexity index is 611. The number of ether oxygens (including phenoxy) is 1. The summed E-state index contributed by atoms with van der Waals surface area (Å²) in [6.07, 6.45) is 0. The summed E-state index contributed by atoms with van der Waals surface area (Å²) in [6.45, 7) is 6.67. The Morgan fingerprint density at radius 1 is 1.37 bits per heavy atom. The number of hydrogen-bond donors (Lipinski definition) is 0. The fraction of sp³-hybridized carbons (Fsp3) is 0.333. The molecule has 0 aliphatic rings. The van der Waals surface area contributed by atoms with Crippen molar-refractivity contribution in [2.75, 3.05) is 6.61 Å². The Labute approximate surface area is 117 Å². The smallest absolute Gasteiger partial charge is 0.129 e. The second-order valence-electron chi connectivity index (χ2n) is 4.43. The van der Waals surface area contributed by atoms with Crippen molar-refractivity contribution in [1.29, 1.82) is 5.26 Å². The lowest BCUT2D eigenvalue weighted by atomic mass is 10.1. The first-order chi connectivity index (χ1) is 9.17. The molecule has 0 N–H and O–H groups in total. The fourth-order valence-electron chi connectivity index (χ4n) is 1.84. The highest BCUT2D eigenvalue weighted by Gasteiger charge is 2.17. The van der Waals surface area contributed by atoms with Crippen LogP contribution in [0.5, 0.6) is 5.75 Å². The van der Waals surface area contributed by atoms with E-state index in [9.17, 15) is 5.26 Å². The summed E-state index contributed by atoms with van der Waals surface area (Å²) < 4.78 is 5.62. The fourth-order valence-corrected chi connectivity index (χ4v) is 2.89. The maximum Gasteiger partial charge on any atom is 0.129 e. The molecule has 0 amide bonds. The van der Waals surface area contributed by atoms with Gasteiger partial charge in [0.15, 0.2) is 0 Å². The first-order valence-electron chi connectivity index (χ1n) is 6.30. The summed E-state index contributed by atoms with van der Waals surface area (Å²) in [7, 11) is 0. The van der Waals surface area contributed by atoms with E-state index in [2.05, 4.69) is 11.1 Å². The first-order valence-corrected chi connectivity index (χ1v) is 7.12. The molecule has 0 atom stereocenters. The van der Waals surface area contributed by atoms with E-state index in [-0.39, 0.29) is 5.92 Å². The molecule has 0 unspecified atom stereocenters. The molecule has 0 radical (unpaired) electrons. The Morgan fingerprint density at radius 3 is 2.68 bits per heavy atom. The number of benzene rings is 1. The molecule has 3 nitrogen and oxygen atoms in total. The van der Waals surface area contributed by atoms with Crippen molar-refractivity contribution in [2.45, 2.75) is 26.7 Å². The first kappa shape index (κ1) is 13.6. The number of nitriles is 1. The van der Waals surface area contributed by atoms with Crippen molar-refractivity contribution >= 4 is 11.3 Å². The zero-order valence-corrected chi connectivity index (χ0v) is 12.1. The lowest BCUT2D eigenvalue weighted by Crippen LogP contribution is -1.94. The van der Waals surface area contributed by atoms with Gasteiger partial charge in [-0.2, -0.15) is 5.26 Å². The van der Waals surface area contributed by atoms with Crippen molar-refractivity contribution in [3.8, 4) is 22.4 Å². The number of hydrogen-bond acceptors (Lipinski definition) is 4. The highest BCUT2D eigenvalue weighted by Crippen LogP contribution is 2.36. The summed E-state index contributed by atoms with van der Waals surface area (Å²) in [5.74, 6) is 1.07. The van der Waals surface area contributed by atoms with Crippen LogP contribution in [0.4, 0.5) is 0 Å². The second-order valence-corrected chi connectivity index (χ2v) is 5.43. The molecular formula is C15H16N2OS. The average Bonchev–Trinajstić information content (AvgIpc) is 2.84. The minimum Gasteiger partial charge on any atom is -0.493 e. The number of aromatic nitrogens is 1. The van der Waals surface area contributed by atoms with Gasteiger partial charge in [0.25, 0.3) is 0 Å². The van der Waals surface area contributed by atoms with Crippen LogP contribution in [0.1, 0.15) is 37.3 Å². The maximum atomic E-state index is 9.19. The Balaban J connectivity index is 2.51. The molecule has 98 valence electrons. The van der Waals surface area contributed by atoms with E-state index >= 15 is 0 Å². The number of rotatable bonds is 4. The normalized spacial score (nSPS) is 10.5. The van der Waals surface area contributed by atoms with Crippen LogP contribution in [0.15, 0.2) is 24.3 Å². The molecule has 0 saturated carbocycles. The summed E-state index contributed by atoms with van der Waals surface area (Å²) in [6, 6.07) is 10.0. The SMILES string of the molecule is CCOc1ccccc1-c1nc(C(C)C)c(C#N)s1. The average molecular weight is 272 g/mol. The molecule has 0 saturated heterocycles. The molecule has 0 spiro atoms. The van der Waals surface area contributed by atoms with Crippen LogP contribution in [0.2, 0.25) is 0 Å². The van der Waals surface area contributed by atoms with E-state index in [0.29, 0.717) is 11.5 Å². The van der Waals surface area contributed by atoms with Crippen molar-refractivity contribution < 1.29 is 4.74 Å². The summed E-state index contributed by atoms with van der Waals surface area (Å²) in [5.41, 5.74) is 1.83. The van der Waals surface area contributed by atoms with Crippen LogP contribution in [0.3, 0.4) is 0 Å². The van der Waals surface area contributed by atoms with E-state index in [4.69, 9.17) is 4.74 Å². The zero-order chi connectivity index (χ0) is 13.8. The molecular weight excluding hydrogens is 256 g/mol. The van der Waals surface area contributed by atoms with E-state index in [1.165, 1.54) is 11.3 Å². The summed E-state index contributed by atoms with van der Waals surface area (Å²) in [5, 5.41) is 10.0. The van der Waals surface area contributed by atoms with Crippen molar-refractivity contribution in [3.63, 3.8) is 0 Å². The van der Waals surface area contributed by atoms with Gasteiger partial charge in [0, 0.05) is 0 Å². The quantitative estimate of drug-likeness (QED) is 0.837. The molecule has 1 aromatic heterocycles. The highest BCUT2D eigenvalue weighted by molar-refractivity contribution is 7.15. The van der Waals surface area contributed by atoms with Crippen LogP contribution < -0.4 is 4.74 Å². The van der Waals surface area contributed by atoms with Crippen LogP contribution in [-0.2, 0) is 0 Å². The van der Waals surface area contributed by atoms with Gasteiger partial charge in [0.05, 0.1) is 17.9 Å². The molecule has 19 heavy (non-hydrogen) atoms. The highest BCUT2D eigenvalue weighted by atomic mass is 32.1. The van der Waals surface area contributed by atoms with Crippen LogP contribution in [0.25, 0.3) is 10.6 Å². The molecule has 1 heterocycles. The maximum absolute atomic E-state index is 9.19. The molecule has 0 fully saturated rings. The van der Waals surface area contributed by atoms with E-state index in [1.54, 1.807) is 0 Å². The molecule has 0 bridgehead atoms. The van der Waals surface area contributed by atoms with Gasteiger partial charge in [-0.05, 0) is 25.0 Å². The molecule has 0 aliphatic heterocycles. The van der Waals surface area contributed by atoms with Gasteiger partial charge in [0.1, 0.15) is 21.7 Å². The number of nitrogens with zero attached hydrogens (tertiary/aromatic N) is 2. The summed E-state index contributed by atoms with van der Waals surface area (Å²) in [4.78, 5) is 5.30. The summed E-state index contributed by atoms with van der Waals surface area (Å²) >= 11 is 1.43. The molecule has 0 aliphatic carbocycles. The minimum atomic E-state index is 0.249. The molecule has 2 aromatic rings. The van der Waals surface area contributed by atoms with Crippen LogP contribution >= 0.6 is 11.3 Å². The van der Waals surface area contributed by atoms with Gasteiger partial charge in [-0.3, -0.25) is 0 Å². The third-order valence-electron chi connectivity index (χ3n) is 2.72. The topological polar surface area (TPSA) is 45.9 Å². The minimum absolute atomic E-state index is 0.249. The number of para-hydroxylation sites is 1. The van der Waals surface area contributed by atoms with Gasteiger partial charge in [-0.15, -0.1) is 11.3 Å². The van der Waals surface area contributed by atoms with Crippen molar-refractivity contribution in [1.82, 2.24) is 4.98 Å². The monoisotopic (exact) mass is 272 g/mol. The Kier molecular flexibility index (Phi) is 4.18. The van der Waals surface area contributed by atoms with Crippen LogP contribution in [-0.4, -0.2) is 11.6 Å². The Morgan fingerprint density at radius 2 is 2.11 bits per heavy atom. The van der Waals surface area contributed by atoms with Crippen molar-refractivity contribution in [3.05, 3.63) is 34.8 Å². The van der Waals surface area contributed by atoms with E-state index < -0.39 is 0 Å². The van der Waals surface area contributed by atoms with Gasteiger partial charge in [-0.25, -0.2) is 4.98 Å². The lowest BCUT2D eigenvalue weighted by Gasteiger charge is -2.07. The van der Waals surface area contributed by atoms with E-state index in [1.807, 2.05) is 45.0 Å². The van der Waals surface area contributed by atoms with Gasteiger partial charge in [-0.1, -0.05) is 26.0 Å². The predicted octanol–water partition coefficient (Wildman–Crippen LogP) is 4.20. The zero-order valence-electron chi connectivity index (χ0n) is 11.3. The standard InChI is InChI=1S/C15H16N2OS/c1-4-18-12-8-6-5-7-11(12)15-17-14(10(2)3)13(9-16)19-15/h5-8,10H,4H2,1-3H3. The van der Waals surface area contributed by atoms with Gasteiger partial charge in [0.2, 0.25) is 0 Å². The second kappa shape index (κ2) is 5.85. The lowest BCUT2D eigenvalue weighted by molar-refractivity contribution is 0.341. The van der Waals surface area contributed by atoms with Gasteiger partial charge >= 0.3 is 0 Å². The molecule has 1 aromatic carbocycles.